The molecule has 0 aliphatic carbocycles. The fourth-order valence-corrected chi connectivity index (χ4v) is 3.97. The van der Waals surface area contributed by atoms with Crippen molar-refractivity contribution in [1.82, 2.24) is 0 Å². The number of hydrogen-bond acceptors (Lipinski definition) is 2. The van der Waals surface area contributed by atoms with Crippen molar-refractivity contribution in [2.45, 2.75) is 12.4 Å². The molecule has 0 fully saturated rings. The molecule has 3 aromatic rings. The summed E-state index contributed by atoms with van der Waals surface area (Å²) < 4.78 is 77.5. The molecule has 0 unspecified atom stereocenters. The molecule has 2 heterocycles. The van der Waals surface area contributed by atoms with E-state index in [1.165, 1.54) is 17.4 Å². The molecule has 2 aromatic heterocycles. The quantitative estimate of drug-likeness (QED) is 0.414. The molecule has 0 spiro atoms. The van der Waals surface area contributed by atoms with Crippen molar-refractivity contribution in [3.05, 3.63) is 59.0 Å². The summed E-state index contributed by atoms with van der Waals surface area (Å²) in [5.41, 5.74) is -2.71. The van der Waals surface area contributed by atoms with E-state index in [0.29, 0.717) is 4.88 Å². The second-order valence-corrected chi connectivity index (χ2v) is 6.97. The Morgan fingerprint density at radius 3 is 1.75 bits per heavy atom. The molecule has 0 bridgehead atoms. The van der Waals surface area contributed by atoms with Crippen LogP contribution in [-0.2, 0) is 12.4 Å². The summed E-state index contributed by atoms with van der Waals surface area (Å²) in [4.78, 5) is 2.07. The Morgan fingerprint density at radius 2 is 1.25 bits per heavy atom. The molecule has 0 aliphatic heterocycles. The number of halogens is 6. The zero-order chi connectivity index (χ0) is 17.5. The zero-order valence-electron chi connectivity index (χ0n) is 11.7. The van der Waals surface area contributed by atoms with Gasteiger partial charge in [0.1, 0.15) is 0 Å². The van der Waals surface area contributed by atoms with E-state index in [2.05, 4.69) is 0 Å². The van der Waals surface area contributed by atoms with Crippen LogP contribution >= 0.6 is 22.7 Å². The molecule has 1 aromatic carbocycles. The van der Waals surface area contributed by atoms with Crippen molar-refractivity contribution < 1.29 is 26.3 Å². The van der Waals surface area contributed by atoms with Crippen LogP contribution in [0, 0.1) is 0 Å². The van der Waals surface area contributed by atoms with E-state index < -0.39 is 23.5 Å². The first-order chi connectivity index (χ1) is 11.1. The third kappa shape index (κ3) is 3.49. The normalized spacial score (nSPS) is 12.6. The molecule has 3 rings (SSSR count). The topological polar surface area (TPSA) is 0 Å². The van der Waals surface area contributed by atoms with E-state index >= 15 is 0 Å². The largest absolute Gasteiger partial charge is 0.416 e. The standard InChI is InChI=1S/C16H8F6S2/c17-15(18,19)10-6-9(7-11(8-10)16(20,21)22)12-3-4-14(24-12)13-2-1-5-23-13/h1-8H. The van der Waals surface area contributed by atoms with Gasteiger partial charge in [0.25, 0.3) is 0 Å². The van der Waals surface area contributed by atoms with Crippen LogP contribution in [0.1, 0.15) is 11.1 Å². The average Bonchev–Trinajstić information content (AvgIpc) is 3.16. The highest BCUT2D eigenvalue weighted by molar-refractivity contribution is 7.23. The number of benzene rings is 1. The number of rotatable bonds is 2. The lowest BCUT2D eigenvalue weighted by atomic mass is 10.0. The van der Waals surface area contributed by atoms with Crippen molar-refractivity contribution in [1.29, 1.82) is 0 Å². The van der Waals surface area contributed by atoms with Crippen LogP contribution in [-0.4, -0.2) is 0 Å². The van der Waals surface area contributed by atoms with Crippen molar-refractivity contribution in [2.75, 3.05) is 0 Å². The summed E-state index contributed by atoms with van der Waals surface area (Å²) >= 11 is 2.61. The van der Waals surface area contributed by atoms with Gasteiger partial charge in [-0.25, -0.2) is 0 Å². The lowest BCUT2D eigenvalue weighted by Gasteiger charge is -2.13. The van der Waals surface area contributed by atoms with Crippen LogP contribution in [0.15, 0.2) is 47.8 Å². The molecule has 0 amide bonds. The predicted octanol–water partition coefficient (Wildman–Crippen LogP) is 7.18. The Morgan fingerprint density at radius 1 is 0.667 bits per heavy atom. The summed E-state index contributed by atoms with van der Waals surface area (Å²) in [6.07, 6.45) is -9.69. The van der Waals surface area contributed by atoms with Crippen molar-refractivity contribution in [2.24, 2.45) is 0 Å². The molecule has 0 saturated heterocycles. The molecule has 0 saturated carbocycles. The Bertz CT molecular complexity index is 808. The smallest absolute Gasteiger partial charge is 0.166 e. The van der Waals surface area contributed by atoms with Gasteiger partial charge >= 0.3 is 12.4 Å². The summed E-state index contributed by atoms with van der Waals surface area (Å²) in [6.45, 7) is 0. The Labute approximate surface area is 141 Å². The minimum atomic E-state index is -4.84. The fraction of sp³-hybridized carbons (Fsp3) is 0.125. The maximum Gasteiger partial charge on any atom is 0.416 e. The summed E-state index contributed by atoms with van der Waals surface area (Å²) in [7, 11) is 0. The van der Waals surface area contributed by atoms with Crippen LogP contribution in [0.2, 0.25) is 0 Å². The molecular formula is C16H8F6S2. The van der Waals surface area contributed by atoms with Crippen molar-refractivity contribution in [3.63, 3.8) is 0 Å². The van der Waals surface area contributed by atoms with Gasteiger partial charge in [0.15, 0.2) is 0 Å². The molecule has 0 aliphatic rings. The van der Waals surface area contributed by atoms with Gasteiger partial charge < -0.3 is 0 Å². The first-order valence-corrected chi connectivity index (χ1v) is 8.28. The molecule has 0 N–H and O–H groups in total. The highest BCUT2D eigenvalue weighted by atomic mass is 32.1. The van der Waals surface area contributed by atoms with Crippen molar-refractivity contribution >= 4 is 22.7 Å². The van der Waals surface area contributed by atoms with Gasteiger partial charge in [0.2, 0.25) is 0 Å². The van der Waals surface area contributed by atoms with Crippen LogP contribution in [0.5, 0.6) is 0 Å². The monoisotopic (exact) mass is 378 g/mol. The second-order valence-electron chi connectivity index (χ2n) is 4.94. The fourth-order valence-electron chi connectivity index (χ4n) is 2.14. The minimum absolute atomic E-state index is 0.0926. The van der Waals surface area contributed by atoms with Gasteiger partial charge in [-0.2, -0.15) is 26.3 Å². The number of alkyl halides is 6. The van der Waals surface area contributed by atoms with Gasteiger partial charge in [-0.1, -0.05) is 6.07 Å². The van der Waals surface area contributed by atoms with E-state index in [9.17, 15) is 26.3 Å². The van der Waals surface area contributed by atoms with Crippen LogP contribution in [0.3, 0.4) is 0 Å². The van der Waals surface area contributed by atoms with E-state index in [0.717, 1.165) is 33.2 Å². The Hall–Kier alpha value is -1.80. The maximum atomic E-state index is 12.9. The third-order valence-electron chi connectivity index (χ3n) is 3.24. The van der Waals surface area contributed by atoms with E-state index in [-0.39, 0.29) is 11.6 Å². The van der Waals surface area contributed by atoms with Gasteiger partial charge in [0.05, 0.1) is 11.1 Å². The van der Waals surface area contributed by atoms with E-state index in [1.807, 2.05) is 17.5 Å². The third-order valence-corrected chi connectivity index (χ3v) is 5.44. The van der Waals surface area contributed by atoms with E-state index in [4.69, 9.17) is 0 Å². The molecular weight excluding hydrogens is 370 g/mol. The molecule has 24 heavy (non-hydrogen) atoms. The first-order valence-electron chi connectivity index (χ1n) is 6.58. The lowest BCUT2D eigenvalue weighted by Crippen LogP contribution is -2.10. The maximum absolute atomic E-state index is 12.9. The SMILES string of the molecule is FC(F)(F)c1cc(-c2ccc(-c3cccs3)s2)cc(C(F)(F)F)c1. The van der Waals surface area contributed by atoms with Crippen LogP contribution < -0.4 is 0 Å². The average molecular weight is 378 g/mol. The minimum Gasteiger partial charge on any atom is -0.166 e. The summed E-state index contributed by atoms with van der Waals surface area (Å²) in [5, 5.41) is 1.85. The molecule has 126 valence electrons. The summed E-state index contributed by atoms with van der Waals surface area (Å²) in [5.74, 6) is 0. The molecule has 0 radical (unpaired) electrons. The molecule has 8 heteroatoms. The predicted molar refractivity (Wildman–Crippen MR) is 83.1 cm³/mol. The van der Waals surface area contributed by atoms with Gasteiger partial charge in [-0.3, -0.25) is 0 Å². The van der Waals surface area contributed by atoms with Crippen LogP contribution in [0.4, 0.5) is 26.3 Å². The first kappa shape index (κ1) is 17.0. The lowest BCUT2D eigenvalue weighted by molar-refractivity contribution is -0.143. The van der Waals surface area contributed by atoms with Gasteiger partial charge in [-0.15, -0.1) is 22.7 Å². The van der Waals surface area contributed by atoms with Gasteiger partial charge in [0, 0.05) is 14.6 Å². The van der Waals surface area contributed by atoms with Crippen molar-refractivity contribution in [3.8, 4) is 20.2 Å². The Balaban J connectivity index is 2.10. The number of thiophene rings is 2. The Kier molecular flexibility index (Phi) is 4.21. The van der Waals surface area contributed by atoms with E-state index in [1.54, 1.807) is 6.07 Å². The highest BCUT2D eigenvalue weighted by Crippen LogP contribution is 2.41. The number of hydrogen-bond donors (Lipinski definition) is 0. The molecule has 0 atom stereocenters. The summed E-state index contributed by atoms with van der Waals surface area (Å²) in [6, 6.07) is 8.53. The second kappa shape index (κ2) is 5.93. The van der Waals surface area contributed by atoms with Crippen LogP contribution in [0.25, 0.3) is 20.2 Å². The molecule has 0 nitrogen and oxygen atoms in total. The highest BCUT2D eigenvalue weighted by Gasteiger charge is 2.37. The van der Waals surface area contributed by atoms with Gasteiger partial charge in [-0.05, 0) is 47.3 Å². The zero-order valence-corrected chi connectivity index (χ0v) is 13.3.